The van der Waals surface area contributed by atoms with E-state index in [4.69, 9.17) is 21.1 Å². The molecule has 0 saturated carbocycles. The summed E-state index contributed by atoms with van der Waals surface area (Å²) in [5.41, 5.74) is 3.14. The van der Waals surface area contributed by atoms with Crippen LogP contribution in [0.5, 0.6) is 5.75 Å². The zero-order chi connectivity index (χ0) is 19.1. The lowest BCUT2D eigenvalue weighted by molar-refractivity contribution is 0.107. The van der Waals surface area contributed by atoms with Crippen molar-refractivity contribution in [3.8, 4) is 5.75 Å². The number of nitrogens with zero attached hydrogens (tertiary/aromatic N) is 1. The first-order valence-corrected chi connectivity index (χ1v) is 9.63. The predicted molar refractivity (Wildman–Crippen MR) is 106 cm³/mol. The fraction of sp³-hybridized carbons (Fsp3) is 0.381. The Morgan fingerprint density at radius 1 is 1.19 bits per heavy atom. The predicted octanol–water partition coefficient (Wildman–Crippen LogP) is 4.37. The standard InChI is InChI=1S/C21H25ClN2O3/c1-2-9-23-21(25)24-10-11-27-20-8-5-17(12-18(20)13-24)15-26-14-16-3-6-19(22)7-4-16/h3-8,12H,2,9-11,13-15H2,1H3,(H,23,25). The minimum Gasteiger partial charge on any atom is -0.491 e. The molecule has 0 unspecified atom stereocenters. The Labute approximate surface area is 165 Å². The summed E-state index contributed by atoms with van der Waals surface area (Å²) >= 11 is 5.90. The van der Waals surface area contributed by atoms with Crippen LogP contribution >= 0.6 is 11.6 Å². The molecule has 0 spiro atoms. The van der Waals surface area contributed by atoms with E-state index >= 15 is 0 Å². The maximum absolute atomic E-state index is 12.3. The number of urea groups is 1. The van der Waals surface area contributed by atoms with Crippen LogP contribution < -0.4 is 10.1 Å². The monoisotopic (exact) mass is 388 g/mol. The van der Waals surface area contributed by atoms with Gasteiger partial charge in [-0.2, -0.15) is 0 Å². The fourth-order valence-electron chi connectivity index (χ4n) is 2.92. The summed E-state index contributed by atoms with van der Waals surface area (Å²) in [6.07, 6.45) is 0.918. The van der Waals surface area contributed by atoms with Crippen LogP contribution in [0.25, 0.3) is 0 Å². The molecular weight excluding hydrogens is 364 g/mol. The molecule has 3 rings (SSSR count). The molecule has 27 heavy (non-hydrogen) atoms. The first kappa shape index (κ1) is 19.5. The second-order valence-electron chi connectivity index (χ2n) is 6.56. The van der Waals surface area contributed by atoms with Crippen LogP contribution in [0.15, 0.2) is 42.5 Å². The van der Waals surface area contributed by atoms with E-state index in [0.29, 0.717) is 39.5 Å². The summed E-state index contributed by atoms with van der Waals surface area (Å²) in [5, 5.41) is 3.65. The lowest BCUT2D eigenvalue weighted by atomic mass is 10.1. The highest BCUT2D eigenvalue weighted by Crippen LogP contribution is 2.25. The van der Waals surface area contributed by atoms with Crippen molar-refractivity contribution in [3.05, 3.63) is 64.2 Å². The molecule has 0 saturated heterocycles. The molecule has 6 heteroatoms. The van der Waals surface area contributed by atoms with Gasteiger partial charge < -0.3 is 19.7 Å². The average Bonchev–Trinajstić information content (AvgIpc) is 2.89. The number of hydrogen-bond acceptors (Lipinski definition) is 3. The Morgan fingerprint density at radius 2 is 1.93 bits per heavy atom. The van der Waals surface area contributed by atoms with Gasteiger partial charge in [-0.3, -0.25) is 0 Å². The molecule has 0 bridgehead atoms. The molecule has 2 amide bonds. The number of rotatable bonds is 6. The number of hydrogen-bond donors (Lipinski definition) is 1. The van der Waals surface area contributed by atoms with Crippen LogP contribution in [0.2, 0.25) is 5.02 Å². The van der Waals surface area contributed by atoms with E-state index in [1.807, 2.05) is 43.3 Å². The van der Waals surface area contributed by atoms with Gasteiger partial charge in [0.1, 0.15) is 12.4 Å². The van der Waals surface area contributed by atoms with E-state index in [2.05, 4.69) is 11.4 Å². The normalized spacial score (nSPS) is 13.5. The highest BCUT2D eigenvalue weighted by atomic mass is 35.5. The van der Waals surface area contributed by atoms with Gasteiger partial charge >= 0.3 is 6.03 Å². The topological polar surface area (TPSA) is 50.8 Å². The highest BCUT2D eigenvalue weighted by Gasteiger charge is 2.19. The number of nitrogens with one attached hydrogen (secondary N) is 1. The van der Waals surface area contributed by atoms with E-state index < -0.39 is 0 Å². The molecule has 0 atom stereocenters. The number of carbonyl (C=O) groups excluding carboxylic acids is 1. The molecule has 2 aromatic carbocycles. The van der Waals surface area contributed by atoms with Crippen LogP contribution in [-0.2, 0) is 24.5 Å². The average molecular weight is 389 g/mol. The molecule has 0 fully saturated rings. The molecule has 1 aliphatic heterocycles. The van der Waals surface area contributed by atoms with Crippen molar-refractivity contribution in [2.24, 2.45) is 0 Å². The zero-order valence-corrected chi connectivity index (χ0v) is 16.3. The summed E-state index contributed by atoms with van der Waals surface area (Å²) in [4.78, 5) is 14.1. The van der Waals surface area contributed by atoms with Gasteiger partial charge in [0.2, 0.25) is 0 Å². The zero-order valence-electron chi connectivity index (χ0n) is 15.5. The van der Waals surface area contributed by atoms with Gasteiger partial charge in [-0.1, -0.05) is 36.7 Å². The number of carbonyl (C=O) groups is 1. The fourth-order valence-corrected chi connectivity index (χ4v) is 3.05. The first-order valence-electron chi connectivity index (χ1n) is 9.25. The third-order valence-corrected chi connectivity index (χ3v) is 4.62. The Balaban J connectivity index is 1.60. The molecule has 2 aromatic rings. The summed E-state index contributed by atoms with van der Waals surface area (Å²) in [5.74, 6) is 0.835. The molecule has 1 N–H and O–H groups in total. The van der Waals surface area contributed by atoms with E-state index in [9.17, 15) is 4.79 Å². The van der Waals surface area contributed by atoms with Crippen molar-refractivity contribution in [2.75, 3.05) is 19.7 Å². The molecular formula is C21H25ClN2O3. The van der Waals surface area contributed by atoms with Crippen LogP contribution in [0.4, 0.5) is 4.79 Å². The quantitative estimate of drug-likeness (QED) is 0.799. The number of fused-ring (bicyclic) bond motifs is 1. The van der Waals surface area contributed by atoms with E-state index in [0.717, 1.165) is 33.9 Å². The largest absolute Gasteiger partial charge is 0.491 e. The maximum Gasteiger partial charge on any atom is 0.317 e. The summed E-state index contributed by atoms with van der Waals surface area (Å²) < 4.78 is 11.6. The van der Waals surface area contributed by atoms with Crippen molar-refractivity contribution in [2.45, 2.75) is 33.1 Å². The first-order chi connectivity index (χ1) is 13.2. The Bertz CT molecular complexity index is 765. The summed E-state index contributed by atoms with van der Waals surface area (Å²) in [6.45, 7) is 5.36. The van der Waals surface area contributed by atoms with Crippen molar-refractivity contribution in [3.63, 3.8) is 0 Å². The van der Waals surface area contributed by atoms with Gasteiger partial charge in [-0.05, 0) is 41.8 Å². The van der Waals surface area contributed by atoms with Crippen molar-refractivity contribution in [1.82, 2.24) is 10.2 Å². The van der Waals surface area contributed by atoms with Gasteiger partial charge in [0.05, 0.1) is 26.3 Å². The Kier molecular flexibility index (Phi) is 6.96. The van der Waals surface area contributed by atoms with Crippen molar-refractivity contribution in [1.29, 1.82) is 0 Å². The maximum atomic E-state index is 12.3. The number of amides is 2. The number of benzene rings is 2. The van der Waals surface area contributed by atoms with Crippen molar-refractivity contribution >= 4 is 17.6 Å². The highest BCUT2D eigenvalue weighted by molar-refractivity contribution is 6.30. The van der Waals surface area contributed by atoms with Gasteiger partial charge in [0, 0.05) is 17.1 Å². The summed E-state index contributed by atoms with van der Waals surface area (Å²) in [6, 6.07) is 13.6. The molecule has 5 nitrogen and oxygen atoms in total. The van der Waals surface area contributed by atoms with E-state index in [-0.39, 0.29) is 6.03 Å². The minimum atomic E-state index is -0.0438. The smallest absolute Gasteiger partial charge is 0.317 e. The number of halogens is 1. The van der Waals surface area contributed by atoms with Crippen LogP contribution in [0.1, 0.15) is 30.0 Å². The summed E-state index contributed by atoms with van der Waals surface area (Å²) in [7, 11) is 0. The van der Waals surface area contributed by atoms with E-state index in [1.165, 1.54) is 0 Å². The minimum absolute atomic E-state index is 0.0438. The van der Waals surface area contributed by atoms with Crippen molar-refractivity contribution < 1.29 is 14.3 Å². The third kappa shape index (κ3) is 5.62. The SMILES string of the molecule is CCCNC(=O)N1CCOc2ccc(COCc3ccc(Cl)cc3)cc2C1. The molecule has 0 aliphatic carbocycles. The number of ether oxygens (including phenoxy) is 2. The van der Waals surface area contributed by atoms with Gasteiger partial charge in [-0.15, -0.1) is 0 Å². The van der Waals surface area contributed by atoms with Gasteiger partial charge in [-0.25, -0.2) is 4.79 Å². The van der Waals surface area contributed by atoms with Gasteiger partial charge in [0.15, 0.2) is 0 Å². The lowest BCUT2D eigenvalue weighted by Crippen LogP contribution is -2.40. The van der Waals surface area contributed by atoms with Crippen LogP contribution in [0.3, 0.4) is 0 Å². The van der Waals surface area contributed by atoms with E-state index in [1.54, 1.807) is 4.90 Å². The van der Waals surface area contributed by atoms with Crippen LogP contribution in [-0.4, -0.2) is 30.6 Å². The van der Waals surface area contributed by atoms with Gasteiger partial charge in [0.25, 0.3) is 0 Å². The molecule has 144 valence electrons. The Hall–Kier alpha value is -2.24. The second kappa shape index (κ2) is 9.62. The molecule has 0 radical (unpaired) electrons. The lowest BCUT2D eigenvalue weighted by Gasteiger charge is -2.20. The van der Waals surface area contributed by atoms with Crippen LogP contribution in [0, 0.1) is 0 Å². The molecule has 1 aliphatic rings. The Morgan fingerprint density at radius 3 is 2.70 bits per heavy atom. The molecule has 0 aromatic heterocycles. The third-order valence-electron chi connectivity index (χ3n) is 4.37. The second-order valence-corrected chi connectivity index (χ2v) is 7.00. The molecule has 1 heterocycles.